The molecule has 7 atom stereocenters. The van der Waals surface area contributed by atoms with Crippen LogP contribution in [-0.2, 0) is 18.9 Å². The van der Waals surface area contributed by atoms with Gasteiger partial charge in [0.1, 0.15) is 30.5 Å². The van der Waals surface area contributed by atoms with Crippen LogP contribution in [0, 0.1) is 0 Å². The Morgan fingerprint density at radius 1 is 1.30 bits per heavy atom. The van der Waals surface area contributed by atoms with Crippen LogP contribution in [0.2, 0.25) is 0 Å². The van der Waals surface area contributed by atoms with Gasteiger partial charge in [0, 0.05) is 14.2 Å². The summed E-state index contributed by atoms with van der Waals surface area (Å²) < 4.78 is 21.5. The number of nitrogens with two attached hydrogens (primary N) is 1. The van der Waals surface area contributed by atoms with Gasteiger partial charge in [0.05, 0.1) is 24.6 Å². The number of hydrogen-bond acceptors (Lipinski definition) is 12. The Kier molecular flexibility index (Phi) is 6.92. The average Bonchev–Trinajstić information content (AvgIpc) is 2.71. The normalized spacial score (nSPS) is 29.1. The largest absolute Gasteiger partial charge is 0.387 e. The van der Waals surface area contributed by atoms with Crippen molar-refractivity contribution in [2.24, 2.45) is 0 Å². The summed E-state index contributed by atoms with van der Waals surface area (Å²) in [4.78, 5) is 26.3. The van der Waals surface area contributed by atoms with Crippen LogP contribution in [0.5, 0.6) is 0 Å². The number of rotatable bonds is 7. The molecule has 0 aliphatic carbocycles. The summed E-state index contributed by atoms with van der Waals surface area (Å²) in [6, 6.07) is 0. The molecule has 0 amide bonds. The lowest BCUT2D eigenvalue weighted by Gasteiger charge is -2.42. The molecule has 13 heteroatoms. The fourth-order valence-electron chi connectivity index (χ4n) is 3.21. The number of fused-ring (bicyclic) bond motifs is 1. The Bertz CT molecular complexity index is 927. The highest BCUT2D eigenvalue weighted by atomic mass is 16.7. The molecule has 0 spiro atoms. The van der Waals surface area contributed by atoms with Gasteiger partial charge in [-0.25, -0.2) is 9.97 Å². The monoisotopic (exact) mass is 427 g/mol. The number of hydrogen-bond donors (Lipinski definition) is 5. The maximum Gasteiger partial charge on any atom is 0.280 e. The van der Waals surface area contributed by atoms with Crippen molar-refractivity contribution < 1.29 is 34.3 Å². The number of aliphatic hydroxyl groups excluding tert-OH is 3. The molecule has 0 saturated carbocycles. The van der Waals surface area contributed by atoms with E-state index < -0.39 is 48.5 Å². The molecular formula is C17H25N5O8. The minimum absolute atomic E-state index is 0.0335. The van der Waals surface area contributed by atoms with Gasteiger partial charge in [0.25, 0.3) is 5.56 Å². The van der Waals surface area contributed by atoms with Gasteiger partial charge in [-0.2, -0.15) is 4.98 Å². The molecule has 1 fully saturated rings. The third-order valence-corrected chi connectivity index (χ3v) is 4.80. The zero-order valence-corrected chi connectivity index (χ0v) is 16.6. The second-order valence-corrected chi connectivity index (χ2v) is 6.88. The van der Waals surface area contributed by atoms with E-state index in [9.17, 15) is 20.1 Å². The molecular weight excluding hydrogens is 402 g/mol. The van der Waals surface area contributed by atoms with Gasteiger partial charge in [-0.3, -0.25) is 9.78 Å². The first kappa shape index (κ1) is 22.4. The Balaban J connectivity index is 1.78. The van der Waals surface area contributed by atoms with E-state index in [2.05, 4.69) is 19.9 Å². The molecule has 0 bridgehead atoms. The van der Waals surface area contributed by atoms with Crippen molar-refractivity contribution in [3.05, 3.63) is 22.2 Å². The minimum atomic E-state index is -1.33. The van der Waals surface area contributed by atoms with Crippen molar-refractivity contribution in [3.63, 3.8) is 0 Å². The maximum atomic E-state index is 12.0. The highest BCUT2D eigenvalue weighted by Crippen LogP contribution is 2.27. The van der Waals surface area contributed by atoms with E-state index in [1.807, 2.05) is 0 Å². The zero-order chi connectivity index (χ0) is 22.0. The highest BCUT2D eigenvalue weighted by molar-refractivity contribution is 5.69. The smallest absolute Gasteiger partial charge is 0.280 e. The lowest BCUT2D eigenvalue weighted by atomic mass is 9.99. The molecule has 0 radical (unpaired) electrons. The van der Waals surface area contributed by atoms with E-state index in [-0.39, 0.29) is 29.4 Å². The molecule has 3 heterocycles. The molecule has 166 valence electrons. The molecule has 3 rings (SSSR count). The van der Waals surface area contributed by atoms with Crippen molar-refractivity contribution in [3.8, 4) is 0 Å². The average molecular weight is 427 g/mol. The number of methoxy groups -OCH3 is 2. The maximum absolute atomic E-state index is 12.0. The van der Waals surface area contributed by atoms with Crippen LogP contribution < -0.4 is 11.3 Å². The van der Waals surface area contributed by atoms with Crippen LogP contribution in [0.3, 0.4) is 0 Å². The quantitative estimate of drug-likeness (QED) is 0.322. The Morgan fingerprint density at radius 2 is 2.03 bits per heavy atom. The highest BCUT2D eigenvalue weighted by Gasteiger charge is 2.46. The summed E-state index contributed by atoms with van der Waals surface area (Å²) in [5, 5.41) is 31.3. The lowest BCUT2D eigenvalue weighted by molar-refractivity contribution is -0.319. The van der Waals surface area contributed by atoms with Crippen LogP contribution in [0.1, 0.15) is 18.7 Å². The predicted octanol–water partition coefficient (Wildman–Crippen LogP) is -2.16. The van der Waals surface area contributed by atoms with Gasteiger partial charge < -0.3 is 40.0 Å². The topological polar surface area (TPSA) is 195 Å². The van der Waals surface area contributed by atoms with Gasteiger partial charge in [0.2, 0.25) is 5.95 Å². The molecule has 1 aliphatic heterocycles. The van der Waals surface area contributed by atoms with Gasteiger partial charge >= 0.3 is 0 Å². The predicted molar refractivity (Wildman–Crippen MR) is 101 cm³/mol. The van der Waals surface area contributed by atoms with Crippen LogP contribution in [0.25, 0.3) is 11.2 Å². The van der Waals surface area contributed by atoms with Crippen molar-refractivity contribution in [2.75, 3.05) is 26.6 Å². The molecule has 2 aromatic rings. The molecule has 30 heavy (non-hydrogen) atoms. The van der Waals surface area contributed by atoms with E-state index in [0.29, 0.717) is 0 Å². The number of H-pyrrole nitrogens is 1. The molecule has 6 N–H and O–H groups in total. The Morgan fingerprint density at radius 3 is 2.70 bits per heavy atom. The van der Waals surface area contributed by atoms with E-state index in [1.54, 1.807) is 0 Å². The summed E-state index contributed by atoms with van der Waals surface area (Å²) >= 11 is 0. The number of nitrogen functional groups attached to an aromatic ring is 1. The first-order valence-corrected chi connectivity index (χ1v) is 9.16. The molecule has 13 nitrogen and oxygen atoms in total. The Labute approximate surface area is 170 Å². The number of aromatic nitrogens is 4. The van der Waals surface area contributed by atoms with E-state index in [4.69, 9.17) is 24.7 Å². The summed E-state index contributed by atoms with van der Waals surface area (Å²) in [5.74, 6) is -0.101. The lowest BCUT2D eigenvalue weighted by Crippen LogP contribution is -2.60. The fraction of sp³-hybridized carbons (Fsp3) is 0.647. The SMILES string of the molecule is COCC1OC(OC(C)C(O)c2cnc3nc(N)[nH]c(=O)c3n2)C(O)C(OC)C1O. The van der Waals surface area contributed by atoms with Crippen LogP contribution >= 0.6 is 0 Å². The first-order chi connectivity index (χ1) is 14.3. The molecule has 1 aliphatic rings. The molecule has 7 unspecified atom stereocenters. The van der Waals surface area contributed by atoms with Crippen LogP contribution in [0.15, 0.2) is 11.0 Å². The summed E-state index contributed by atoms with van der Waals surface area (Å²) in [6.45, 7) is 1.57. The summed E-state index contributed by atoms with van der Waals surface area (Å²) in [7, 11) is 2.78. The van der Waals surface area contributed by atoms with Gasteiger partial charge in [0.15, 0.2) is 17.5 Å². The zero-order valence-electron chi connectivity index (χ0n) is 16.6. The number of ether oxygens (including phenoxy) is 4. The van der Waals surface area contributed by atoms with Crippen LogP contribution in [0.4, 0.5) is 5.95 Å². The van der Waals surface area contributed by atoms with E-state index in [0.717, 1.165) is 0 Å². The molecule has 1 saturated heterocycles. The van der Waals surface area contributed by atoms with Crippen molar-refractivity contribution in [2.45, 2.75) is 49.8 Å². The summed E-state index contributed by atoms with van der Waals surface area (Å²) in [5.41, 5.74) is 4.87. The fourth-order valence-corrected chi connectivity index (χ4v) is 3.21. The Hall–Kier alpha value is -2.26. The number of anilines is 1. The van der Waals surface area contributed by atoms with Crippen LogP contribution in [-0.4, -0.2) is 92.9 Å². The van der Waals surface area contributed by atoms with Gasteiger partial charge in [-0.1, -0.05) is 0 Å². The van der Waals surface area contributed by atoms with Gasteiger partial charge in [-0.05, 0) is 6.92 Å². The molecule has 0 aromatic carbocycles. The standard InChI is InChI=1S/C17H25N5O8/c1-6(29-16-12(25)13(28-3)11(24)8(30-16)5-27-2)10(23)7-4-19-14-9(20-7)15(26)22-17(18)21-14/h4,6,8,10-13,16,23-25H,5H2,1-3H3,(H3,18,19,21,22,26). The van der Waals surface area contributed by atoms with E-state index >= 15 is 0 Å². The second kappa shape index (κ2) is 9.26. The number of nitrogens with one attached hydrogen (secondary N) is 1. The van der Waals surface area contributed by atoms with Crippen molar-refractivity contribution in [1.29, 1.82) is 0 Å². The number of nitrogens with zero attached hydrogens (tertiary/aromatic N) is 3. The number of aliphatic hydroxyl groups is 3. The second-order valence-electron chi connectivity index (χ2n) is 6.88. The van der Waals surface area contributed by atoms with Crippen molar-refractivity contribution in [1.82, 2.24) is 19.9 Å². The van der Waals surface area contributed by atoms with Gasteiger partial charge in [-0.15, -0.1) is 0 Å². The first-order valence-electron chi connectivity index (χ1n) is 9.16. The third kappa shape index (κ3) is 4.41. The third-order valence-electron chi connectivity index (χ3n) is 4.80. The van der Waals surface area contributed by atoms with E-state index in [1.165, 1.54) is 27.3 Å². The van der Waals surface area contributed by atoms with Crippen molar-refractivity contribution >= 4 is 17.1 Å². The number of aromatic amines is 1. The minimum Gasteiger partial charge on any atom is -0.387 e. The molecule has 2 aromatic heterocycles. The summed E-state index contributed by atoms with van der Waals surface area (Å²) in [6.07, 6.45) is -6.49.